The van der Waals surface area contributed by atoms with E-state index in [-0.39, 0.29) is 30.2 Å². The van der Waals surface area contributed by atoms with E-state index in [0.29, 0.717) is 29.5 Å². The van der Waals surface area contributed by atoms with Crippen molar-refractivity contribution >= 4 is 24.0 Å². The number of amides is 1. The van der Waals surface area contributed by atoms with Gasteiger partial charge in [-0.25, -0.2) is 0 Å². The first kappa shape index (κ1) is 21.8. The fourth-order valence-corrected chi connectivity index (χ4v) is 3.56. The van der Waals surface area contributed by atoms with Crippen LogP contribution < -0.4 is 24.4 Å². The van der Waals surface area contributed by atoms with E-state index in [9.17, 15) is 4.79 Å². The van der Waals surface area contributed by atoms with Crippen molar-refractivity contribution in [2.75, 3.05) is 46.4 Å². The van der Waals surface area contributed by atoms with Gasteiger partial charge in [0.15, 0.2) is 11.5 Å². The maximum atomic E-state index is 13.2. The summed E-state index contributed by atoms with van der Waals surface area (Å²) in [7, 11) is 8.31. The number of hydrogen-bond acceptors (Lipinski definition) is 6. The average Bonchev–Trinajstić information content (AvgIpc) is 3.34. The van der Waals surface area contributed by atoms with E-state index < -0.39 is 0 Å². The molecule has 1 saturated heterocycles. The molecule has 1 aromatic heterocycles. The quantitative estimate of drug-likeness (QED) is 0.782. The van der Waals surface area contributed by atoms with E-state index in [4.69, 9.17) is 14.2 Å². The first-order chi connectivity index (χ1) is 13.0. The summed E-state index contributed by atoms with van der Waals surface area (Å²) in [4.78, 5) is 14.9. The zero-order chi connectivity index (χ0) is 19.6. The average molecular weight is 411 g/mol. The van der Waals surface area contributed by atoms with Crippen molar-refractivity contribution in [2.45, 2.75) is 5.92 Å². The zero-order valence-electron chi connectivity index (χ0n) is 16.8. The number of aromatic nitrogens is 2. The fourth-order valence-electron chi connectivity index (χ4n) is 3.56. The molecule has 9 heteroatoms. The summed E-state index contributed by atoms with van der Waals surface area (Å²) >= 11 is 0. The number of anilines is 1. The summed E-state index contributed by atoms with van der Waals surface area (Å²) in [6, 6.07) is 3.56. The van der Waals surface area contributed by atoms with Gasteiger partial charge in [-0.2, -0.15) is 5.10 Å². The Labute approximate surface area is 171 Å². The number of benzene rings is 1. The van der Waals surface area contributed by atoms with Gasteiger partial charge in [-0.15, -0.1) is 12.4 Å². The summed E-state index contributed by atoms with van der Waals surface area (Å²) in [5, 5.41) is 7.57. The molecular formula is C19H27ClN4O4. The van der Waals surface area contributed by atoms with Crippen LogP contribution in [0.15, 0.2) is 24.5 Å². The third kappa shape index (κ3) is 4.02. The van der Waals surface area contributed by atoms with Crippen LogP contribution in [-0.4, -0.2) is 57.2 Å². The van der Waals surface area contributed by atoms with Gasteiger partial charge in [-0.1, -0.05) is 0 Å². The highest BCUT2D eigenvalue weighted by atomic mass is 35.5. The van der Waals surface area contributed by atoms with Crippen LogP contribution in [0, 0.1) is 5.92 Å². The van der Waals surface area contributed by atoms with Gasteiger partial charge in [-0.05, 0) is 5.56 Å². The lowest BCUT2D eigenvalue weighted by molar-refractivity contribution is -0.121. The molecule has 1 aliphatic heterocycles. The molecule has 154 valence electrons. The molecule has 0 unspecified atom stereocenters. The smallest absolute Gasteiger partial charge is 0.231 e. The molecule has 0 bridgehead atoms. The minimum Gasteiger partial charge on any atom is -0.493 e. The molecule has 1 aliphatic rings. The van der Waals surface area contributed by atoms with E-state index in [2.05, 4.69) is 10.4 Å². The SMILES string of the molecule is COc1cc(N(C)C(=O)[C@H]2CNC[C@@H]2c2cnn(C)c2)cc(OC)c1OC.Cl. The van der Waals surface area contributed by atoms with Crippen LogP contribution in [0.3, 0.4) is 0 Å². The Balaban J connectivity index is 0.00000280. The predicted molar refractivity (Wildman–Crippen MR) is 109 cm³/mol. The fraction of sp³-hybridized carbons (Fsp3) is 0.474. The second-order valence-corrected chi connectivity index (χ2v) is 6.60. The van der Waals surface area contributed by atoms with Crippen LogP contribution in [0.5, 0.6) is 17.2 Å². The van der Waals surface area contributed by atoms with E-state index >= 15 is 0 Å². The number of carbonyl (C=O) groups excluding carboxylic acids is 1. The van der Waals surface area contributed by atoms with Gasteiger partial charge in [0.2, 0.25) is 11.7 Å². The molecule has 0 radical (unpaired) electrons. The number of nitrogens with zero attached hydrogens (tertiary/aromatic N) is 3. The number of ether oxygens (including phenoxy) is 3. The second kappa shape index (κ2) is 9.16. The number of nitrogens with one attached hydrogen (secondary N) is 1. The third-order valence-electron chi connectivity index (χ3n) is 5.05. The molecule has 0 saturated carbocycles. The highest BCUT2D eigenvalue weighted by Crippen LogP contribution is 2.41. The maximum absolute atomic E-state index is 13.2. The van der Waals surface area contributed by atoms with Gasteiger partial charge in [0, 0.05) is 51.4 Å². The Kier molecular flexibility index (Phi) is 7.15. The molecule has 3 rings (SSSR count). The van der Waals surface area contributed by atoms with Crippen molar-refractivity contribution in [3.05, 3.63) is 30.1 Å². The van der Waals surface area contributed by atoms with Crippen molar-refractivity contribution in [1.29, 1.82) is 0 Å². The summed E-state index contributed by atoms with van der Waals surface area (Å²) in [6.45, 7) is 1.39. The lowest BCUT2D eigenvalue weighted by atomic mass is 9.90. The molecule has 1 fully saturated rings. The summed E-state index contributed by atoms with van der Waals surface area (Å²) in [5.74, 6) is 1.48. The molecule has 1 aromatic carbocycles. The lowest BCUT2D eigenvalue weighted by Gasteiger charge is -2.25. The van der Waals surface area contributed by atoms with E-state index in [0.717, 1.165) is 12.1 Å². The van der Waals surface area contributed by atoms with Crippen LogP contribution in [0.4, 0.5) is 5.69 Å². The molecule has 0 spiro atoms. The Morgan fingerprint density at radius 2 is 1.82 bits per heavy atom. The van der Waals surface area contributed by atoms with Crippen molar-refractivity contribution in [2.24, 2.45) is 13.0 Å². The van der Waals surface area contributed by atoms with Crippen molar-refractivity contribution in [3.8, 4) is 17.2 Å². The second-order valence-electron chi connectivity index (χ2n) is 6.60. The zero-order valence-corrected chi connectivity index (χ0v) is 17.6. The summed E-state index contributed by atoms with van der Waals surface area (Å²) in [5.41, 5.74) is 1.76. The Morgan fingerprint density at radius 1 is 1.18 bits per heavy atom. The van der Waals surface area contributed by atoms with Gasteiger partial charge in [0.1, 0.15) is 0 Å². The summed E-state index contributed by atoms with van der Waals surface area (Å²) < 4.78 is 17.9. The maximum Gasteiger partial charge on any atom is 0.231 e. The standard InChI is InChI=1S/C19H26N4O4.ClH/c1-22-11-12(8-21-22)14-9-20-10-15(14)19(24)23(2)13-6-16(25-3)18(27-5)17(7-13)26-4;/h6-8,11,14-15,20H,9-10H2,1-5H3;1H/t14-,15+;/m1./s1. The van der Waals surface area contributed by atoms with Gasteiger partial charge < -0.3 is 24.4 Å². The van der Waals surface area contributed by atoms with Crippen molar-refractivity contribution < 1.29 is 19.0 Å². The summed E-state index contributed by atoms with van der Waals surface area (Å²) in [6.07, 6.45) is 3.80. The Morgan fingerprint density at radius 3 is 2.32 bits per heavy atom. The monoisotopic (exact) mass is 410 g/mol. The first-order valence-corrected chi connectivity index (χ1v) is 8.77. The molecule has 28 heavy (non-hydrogen) atoms. The van der Waals surface area contributed by atoms with Crippen molar-refractivity contribution in [1.82, 2.24) is 15.1 Å². The molecule has 1 amide bonds. The molecule has 1 N–H and O–H groups in total. The highest BCUT2D eigenvalue weighted by Gasteiger charge is 2.37. The van der Waals surface area contributed by atoms with Gasteiger partial charge in [0.25, 0.3) is 0 Å². The van der Waals surface area contributed by atoms with Gasteiger partial charge in [0.05, 0.1) is 39.1 Å². The number of carbonyl (C=O) groups is 1. The number of rotatable bonds is 6. The van der Waals surface area contributed by atoms with E-state index in [1.165, 1.54) is 0 Å². The highest BCUT2D eigenvalue weighted by molar-refractivity contribution is 5.96. The van der Waals surface area contributed by atoms with Gasteiger partial charge >= 0.3 is 0 Å². The van der Waals surface area contributed by atoms with Gasteiger partial charge in [-0.3, -0.25) is 9.48 Å². The number of halogens is 1. The first-order valence-electron chi connectivity index (χ1n) is 8.77. The molecule has 2 heterocycles. The van der Waals surface area contributed by atoms with Crippen LogP contribution in [0.1, 0.15) is 11.5 Å². The van der Waals surface area contributed by atoms with E-state index in [1.807, 2.05) is 19.4 Å². The largest absolute Gasteiger partial charge is 0.493 e. The number of hydrogen-bond donors (Lipinski definition) is 1. The van der Waals surface area contributed by atoms with E-state index in [1.54, 1.807) is 50.1 Å². The Bertz CT molecular complexity index is 801. The molecule has 2 aromatic rings. The molecule has 8 nitrogen and oxygen atoms in total. The number of methoxy groups -OCH3 is 3. The van der Waals surface area contributed by atoms with Crippen LogP contribution in [0.25, 0.3) is 0 Å². The third-order valence-corrected chi connectivity index (χ3v) is 5.05. The minimum atomic E-state index is -0.168. The van der Waals surface area contributed by atoms with Crippen LogP contribution >= 0.6 is 12.4 Å². The molecule has 0 aliphatic carbocycles. The topological polar surface area (TPSA) is 77.9 Å². The molecular weight excluding hydrogens is 384 g/mol. The predicted octanol–water partition coefficient (Wildman–Crippen LogP) is 1.83. The number of aryl methyl sites for hydroxylation is 1. The van der Waals surface area contributed by atoms with Crippen molar-refractivity contribution in [3.63, 3.8) is 0 Å². The minimum absolute atomic E-state index is 0. The van der Waals surface area contributed by atoms with Crippen LogP contribution in [-0.2, 0) is 11.8 Å². The lowest BCUT2D eigenvalue weighted by Crippen LogP contribution is -2.36. The normalized spacial score (nSPS) is 18.3. The van der Waals surface area contributed by atoms with Crippen LogP contribution in [0.2, 0.25) is 0 Å². The molecule has 2 atom stereocenters. The Hall–Kier alpha value is -2.45.